The van der Waals surface area contributed by atoms with Gasteiger partial charge in [-0.3, -0.25) is 4.79 Å². The molecule has 1 aromatic carbocycles. The van der Waals surface area contributed by atoms with Gasteiger partial charge in [-0.25, -0.2) is 13.2 Å². The summed E-state index contributed by atoms with van der Waals surface area (Å²) in [7, 11) is -3.10. The maximum absolute atomic E-state index is 12.4. The average Bonchev–Trinajstić information content (AvgIpc) is 3.13. The van der Waals surface area contributed by atoms with Crippen LogP contribution in [0.2, 0.25) is 0 Å². The van der Waals surface area contributed by atoms with E-state index in [1.165, 1.54) is 4.90 Å². The minimum Gasteiger partial charge on any atom is -0.450 e. The van der Waals surface area contributed by atoms with Crippen molar-refractivity contribution in [1.29, 1.82) is 0 Å². The van der Waals surface area contributed by atoms with Crippen molar-refractivity contribution in [1.82, 2.24) is 4.90 Å². The van der Waals surface area contributed by atoms with Gasteiger partial charge in [-0.1, -0.05) is 15.9 Å². The number of halogens is 1. The molecule has 3 rings (SSSR count). The monoisotopic (exact) mass is 457 g/mol. The molecule has 1 amide bonds. The number of sulfone groups is 1. The molecule has 146 valence electrons. The Hall–Kier alpha value is -1.87. The highest BCUT2D eigenvalue weighted by molar-refractivity contribution is 9.10. The van der Waals surface area contributed by atoms with Gasteiger partial charge in [-0.05, 0) is 38.5 Å². The van der Waals surface area contributed by atoms with Gasteiger partial charge in [-0.2, -0.15) is 0 Å². The lowest BCUT2D eigenvalue weighted by atomic mass is 10.1. The molecule has 0 radical (unpaired) electrons. The normalized spacial score (nSPS) is 18.6. The fraction of sp³-hybridized carbons (Fsp3) is 0.444. The van der Waals surface area contributed by atoms with E-state index in [0.717, 1.165) is 9.86 Å². The molecule has 0 spiro atoms. The van der Waals surface area contributed by atoms with Crippen molar-refractivity contribution in [2.24, 2.45) is 0 Å². The summed E-state index contributed by atoms with van der Waals surface area (Å²) in [4.78, 5) is 26.3. The second-order valence-electron chi connectivity index (χ2n) is 6.51. The highest BCUT2D eigenvalue weighted by Crippen LogP contribution is 2.28. The van der Waals surface area contributed by atoms with Crippen molar-refractivity contribution in [2.45, 2.75) is 26.3 Å². The molecule has 9 heteroatoms. The van der Waals surface area contributed by atoms with E-state index >= 15 is 0 Å². The fourth-order valence-corrected chi connectivity index (χ4v) is 5.41. The lowest BCUT2D eigenvalue weighted by Crippen LogP contribution is -2.43. The predicted molar refractivity (Wildman–Crippen MR) is 103 cm³/mol. The van der Waals surface area contributed by atoms with Gasteiger partial charge >= 0.3 is 5.97 Å². The number of amides is 1. The maximum atomic E-state index is 12.4. The number of furan rings is 1. The van der Waals surface area contributed by atoms with Gasteiger partial charge < -0.3 is 14.1 Å². The molecule has 0 bridgehead atoms. The smallest absolute Gasteiger partial charge is 0.375 e. The van der Waals surface area contributed by atoms with Crippen LogP contribution in [0.25, 0.3) is 11.0 Å². The van der Waals surface area contributed by atoms with Gasteiger partial charge in [-0.15, -0.1) is 0 Å². The number of carbonyl (C=O) groups is 2. The first-order chi connectivity index (χ1) is 12.7. The number of hydrogen-bond acceptors (Lipinski definition) is 6. The van der Waals surface area contributed by atoms with E-state index in [4.69, 9.17) is 9.15 Å². The Morgan fingerprint density at radius 1 is 1.37 bits per heavy atom. The molecule has 1 atom stereocenters. The Morgan fingerprint density at radius 3 is 2.74 bits per heavy atom. The largest absolute Gasteiger partial charge is 0.450 e. The van der Waals surface area contributed by atoms with Crippen LogP contribution in [0.15, 0.2) is 27.1 Å². The van der Waals surface area contributed by atoms with Gasteiger partial charge in [0.15, 0.2) is 16.4 Å². The Bertz CT molecular complexity index is 997. The van der Waals surface area contributed by atoms with Crippen LogP contribution in [0, 0.1) is 6.92 Å². The highest BCUT2D eigenvalue weighted by atomic mass is 79.9. The van der Waals surface area contributed by atoms with Crippen molar-refractivity contribution in [3.63, 3.8) is 0 Å². The molecule has 1 saturated heterocycles. The lowest BCUT2D eigenvalue weighted by molar-refractivity contribution is -0.136. The Kier molecular flexibility index (Phi) is 5.62. The molecule has 1 unspecified atom stereocenters. The summed E-state index contributed by atoms with van der Waals surface area (Å²) in [6.07, 6.45) is 0.410. The second kappa shape index (κ2) is 7.63. The molecule has 0 N–H and O–H groups in total. The number of rotatable bonds is 5. The van der Waals surface area contributed by atoms with E-state index in [9.17, 15) is 18.0 Å². The summed E-state index contributed by atoms with van der Waals surface area (Å²) in [5.41, 5.74) is 1.19. The first-order valence-corrected chi connectivity index (χ1v) is 11.2. The van der Waals surface area contributed by atoms with Crippen LogP contribution >= 0.6 is 15.9 Å². The molecule has 7 nitrogen and oxygen atoms in total. The second-order valence-corrected chi connectivity index (χ2v) is 9.65. The maximum Gasteiger partial charge on any atom is 0.375 e. The van der Waals surface area contributed by atoms with Crippen molar-refractivity contribution in [2.75, 3.05) is 24.7 Å². The minimum atomic E-state index is -3.10. The SMILES string of the molecule is CCN(C(=O)COC(=O)c1oc2ccc(Br)cc2c1C)C1CCS(=O)(=O)C1. The third-order valence-electron chi connectivity index (χ3n) is 4.72. The summed E-state index contributed by atoms with van der Waals surface area (Å²) >= 11 is 3.38. The van der Waals surface area contributed by atoms with E-state index in [-0.39, 0.29) is 23.3 Å². The third-order valence-corrected chi connectivity index (χ3v) is 6.96. The highest BCUT2D eigenvalue weighted by Gasteiger charge is 2.34. The van der Waals surface area contributed by atoms with Gasteiger partial charge in [0, 0.05) is 28.0 Å². The van der Waals surface area contributed by atoms with Gasteiger partial charge in [0.25, 0.3) is 5.91 Å². The van der Waals surface area contributed by atoms with Gasteiger partial charge in [0.1, 0.15) is 5.58 Å². The number of esters is 1. The molecule has 2 heterocycles. The van der Waals surface area contributed by atoms with Crippen LogP contribution in [0.1, 0.15) is 29.5 Å². The number of fused-ring (bicyclic) bond motifs is 1. The quantitative estimate of drug-likeness (QED) is 0.640. The fourth-order valence-electron chi connectivity index (χ4n) is 3.32. The van der Waals surface area contributed by atoms with Crippen LogP contribution in [-0.2, 0) is 19.4 Å². The molecule has 1 aromatic heterocycles. The van der Waals surface area contributed by atoms with Crippen molar-refractivity contribution < 1.29 is 27.2 Å². The van der Waals surface area contributed by atoms with Crippen LogP contribution < -0.4 is 0 Å². The zero-order valence-corrected chi connectivity index (χ0v) is 17.4. The van der Waals surface area contributed by atoms with E-state index < -0.39 is 28.3 Å². The molecular formula is C18H20BrNO6S. The zero-order chi connectivity index (χ0) is 19.8. The third kappa shape index (κ3) is 4.19. The van der Waals surface area contributed by atoms with E-state index in [0.29, 0.717) is 24.1 Å². The number of ether oxygens (including phenoxy) is 1. The van der Waals surface area contributed by atoms with E-state index in [1.54, 1.807) is 26.0 Å². The molecule has 2 aromatic rings. The van der Waals surface area contributed by atoms with E-state index in [2.05, 4.69) is 15.9 Å². The number of nitrogens with zero attached hydrogens (tertiary/aromatic N) is 1. The number of likely N-dealkylation sites (N-methyl/N-ethyl adjacent to an activating group) is 1. The van der Waals surface area contributed by atoms with Gasteiger partial charge in [0.05, 0.1) is 11.5 Å². The number of hydrogen-bond donors (Lipinski definition) is 0. The summed E-state index contributed by atoms with van der Waals surface area (Å²) < 4.78 is 34.8. The molecular weight excluding hydrogens is 438 g/mol. The predicted octanol–water partition coefficient (Wildman–Crippen LogP) is 2.70. The Morgan fingerprint density at radius 2 is 2.11 bits per heavy atom. The standard InChI is InChI=1S/C18H20BrNO6S/c1-3-20(13-6-7-27(23,24)10-13)16(21)9-25-18(22)17-11(2)14-8-12(19)4-5-15(14)26-17/h4-5,8,13H,3,6-7,9-10H2,1-2H3. The summed E-state index contributed by atoms with van der Waals surface area (Å²) in [5, 5.41) is 0.786. The first-order valence-electron chi connectivity index (χ1n) is 8.57. The summed E-state index contributed by atoms with van der Waals surface area (Å²) in [6, 6.07) is 5.03. The molecule has 0 saturated carbocycles. The number of carbonyl (C=O) groups excluding carboxylic acids is 2. The van der Waals surface area contributed by atoms with Crippen molar-refractivity contribution >= 4 is 48.6 Å². The average molecular weight is 458 g/mol. The Balaban J connectivity index is 1.68. The molecule has 27 heavy (non-hydrogen) atoms. The summed E-state index contributed by atoms with van der Waals surface area (Å²) in [6.45, 7) is 3.42. The van der Waals surface area contributed by atoms with E-state index in [1.807, 2.05) is 6.07 Å². The first kappa shape index (κ1) is 19.9. The zero-order valence-electron chi connectivity index (χ0n) is 15.0. The topological polar surface area (TPSA) is 93.9 Å². The lowest BCUT2D eigenvalue weighted by Gasteiger charge is -2.26. The molecule has 1 fully saturated rings. The summed E-state index contributed by atoms with van der Waals surface area (Å²) in [5.74, 6) is -1.04. The van der Waals surface area contributed by atoms with Gasteiger partial charge in [0.2, 0.25) is 5.76 Å². The number of benzene rings is 1. The molecule has 1 aliphatic heterocycles. The van der Waals surface area contributed by atoms with Crippen molar-refractivity contribution in [3.05, 3.63) is 34.0 Å². The van der Waals surface area contributed by atoms with Crippen LogP contribution in [-0.4, -0.2) is 55.9 Å². The minimum absolute atomic E-state index is 0.0436. The molecule has 1 aliphatic rings. The van der Waals surface area contributed by atoms with Crippen LogP contribution in [0.3, 0.4) is 0 Å². The number of aryl methyl sites for hydroxylation is 1. The Labute approximate surface area is 165 Å². The van der Waals surface area contributed by atoms with Crippen molar-refractivity contribution in [3.8, 4) is 0 Å². The van der Waals surface area contributed by atoms with Crippen LogP contribution in [0.4, 0.5) is 0 Å². The van der Waals surface area contributed by atoms with Crippen LogP contribution in [0.5, 0.6) is 0 Å². The molecule has 0 aliphatic carbocycles.